The van der Waals surface area contributed by atoms with Crippen LogP contribution in [0.15, 0.2) is 0 Å². The molecule has 0 amide bonds. The maximum Gasteiger partial charge on any atom is 0.777 e. The van der Waals surface area contributed by atoms with Crippen LogP contribution in [0, 0.1) is 0 Å². The SMILES string of the molecule is CC(=O)OB1OOOO1. The van der Waals surface area contributed by atoms with Crippen LogP contribution in [0.4, 0.5) is 0 Å². The first-order chi connectivity index (χ1) is 4.29. The van der Waals surface area contributed by atoms with Crippen LogP contribution in [0.1, 0.15) is 6.92 Å². The van der Waals surface area contributed by atoms with Gasteiger partial charge >= 0.3 is 7.32 Å². The van der Waals surface area contributed by atoms with Crippen LogP contribution in [0.2, 0.25) is 0 Å². The summed E-state index contributed by atoms with van der Waals surface area (Å²) in [5, 5.41) is 7.52. The molecule has 50 valence electrons. The third kappa shape index (κ3) is 1.98. The lowest BCUT2D eigenvalue weighted by atomic mass is 10.2. The molecule has 7 heteroatoms. The van der Waals surface area contributed by atoms with Crippen molar-refractivity contribution in [1.82, 2.24) is 0 Å². The Balaban J connectivity index is 2.19. The molecule has 0 spiro atoms. The summed E-state index contributed by atoms with van der Waals surface area (Å²) in [7, 11) is -1.21. The topological polar surface area (TPSA) is 63.2 Å². The Labute approximate surface area is 50.5 Å². The van der Waals surface area contributed by atoms with E-state index in [-0.39, 0.29) is 0 Å². The minimum atomic E-state index is -1.21. The maximum absolute atomic E-state index is 10.1. The van der Waals surface area contributed by atoms with Crippen molar-refractivity contribution in [3.8, 4) is 0 Å². The van der Waals surface area contributed by atoms with E-state index in [1.165, 1.54) is 6.92 Å². The molecule has 6 nitrogen and oxygen atoms in total. The fraction of sp³-hybridized carbons (Fsp3) is 0.500. The molecular weight excluding hydrogens is 131 g/mol. The highest BCUT2D eigenvalue weighted by molar-refractivity contribution is 6.38. The molecule has 9 heavy (non-hydrogen) atoms. The van der Waals surface area contributed by atoms with Crippen LogP contribution >= 0.6 is 0 Å². The predicted molar refractivity (Wildman–Crippen MR) is 21.9 cm³/mol. The summed E-state index contributed by atoms with van der Waals surface area (Å²) in [6.45, 7) is 1.20. The molecule has 0 unspecified atom stereocenters. The Morgan fingerprint density at radius 3 is 2.44 bits per heavy atom. The van der Waals surface area contributed by atoms with Crippen molar-refractivity contribution in [3.05, 3.63) is 0 Å². The van der Waals surface area contributed by atoms with Gasteiger partial charge in [0.25, 0.3) is 5.97 Å². The third-order valence-corrected chi connectivity index (χ3v) is 0.526. The molecule has 0 aromatic rings. The molecule has 1 aliphatic rings. The molecule has 0 radical (unpaired) electrons. The Bertz CT molecular complexity index is 108. The molecular formula is C2H3BO6. The number of carbonyl (C=O) groups is 1. The molecule has 0 saturated carbocycles. The van der Waals surface area contributed by atoms with Gasteiger partial charge in [0.2, 0.25) is 0 Å². The Hall–Kier alpha value is -0.625. The van der Waals surface area contributed by atoms with E-state index in [4.69, 9.17) is 0 Å². The average molecular weight is 134 g/mol. The van der Waals surface area contributed by atoms with Crippen molar-refractivity contribution in [3.63, 3.8) is 0 Å². The third-order valence-electron chi connectivity index (χ3n) is 0.526. The van der Waals surface area contributed by atoms with E-state index in [1.54, 1.807) is 0 Å². The summed E-state index contributed by atoms with van der Waals surface area (Å²) in [6, 6.07) is 0. The quantitative estimate of drug-likeness (QED) is 0.351. The van der Waals surface area contributed by atoms with E-state index in [2.05, 4.69) is 24.3 Å². The van der Waals surface area contributed by atoms with Crippen molar-refractivity contribution in [2.24, 2.45) is 0 Å². The van der Waals surface area contributed by atoms with Crippen molar-refractivity contribution in [2.45, 2.75) is 6.92 Å². The summed E-state index contributed by atoms with van der Waals surface area (Å²) < 4.78 is 4.28. The van der Waals surface area contributed by atoms with Crippen LogP contribution in [0.3, 0.4) is 0 Å². The van der Waals surface area contributed by atoms with Crippen molar-refractivity contribution in [2.75, 3.05) is 0 Å². The fourth-order valence-electron chi connectivity index (χ4n) is 0.287. The molecule has 0 aliphatic carbocycles. The zero-order valence-electron chi connectivity index (χ0n) is 4.53. The van der Waals surface area contributed by atoms with Crippen molar-refractivity contribution in [1.29, 1.82) is 0 Å². The summed E-state index contributed by atoms with van der Waals surface area (Å²) in [4.78, 5) is 18.3. The van der Waals surface area contributed by atoms with Gasteiger partial charge in [0.1, 0.15) is 0 Å². The molecule has 1 fully saturated rings. The smallest absolute Gasteiger partial charge is 0.482 e. The van der Waals surface area contributed by atoms with Crippen LogP contribution < -0.4 is 0 Å². The molecule has 1 saturated heterocycles. The van der Waals surface area contributed by atoms with E-state index >= 15 is 0 Å². The molecule has 0 aromatic heterocycles. The predicted octanol–water partition coefficient (Wildman–Crippen LogP) is -0.641. The lowest BCUT2D eigenvalue weighted by Crippen LogP contribution is -2.21. The van der Waals surface area contributed by atoms with E-state index in [0.717, 1.165) is 0 Å². The number of carbonyl (C=O) groups excluding carboxylic acids is 1. The summed E-state index contributed by atoms with van der Waals surface area (Å²) in [5.41, 5.74) is 0. The standard InChI is InChI=1S/C2H3BO6/c1-2(4)5-3-6-8-9-7-3/h1H3. The van der Waals surface area contributed by atoms with Gasteiger partial charge in [-0.15, -0.1) is 0 Å². The van der Waals surface area contributed by atoms with Gasteiger partial charge in [0.05, 0.1) is 0 Å². The van der Waals surface area contributed by atoms with Crippen LogP contribution in [-0.2, 0) is 29.1 Å². The van der Waals surface area contributed by atoms with E-state index in [9.17, 15) is 4.79 Å². The summed E-state index contributed by atoms with van der Waals surface area (Å²) in [6.07, 6.45) is 0. The van der Waals surface area contributed by atoms with Gasteiger partial charge in [-0.2, -0.15) is 9.61 Å². The van der Waals surface area contributed by atoms with Gasteiger partial charge in [-0.05, 0) is 10.1 Å². The molecule has 1 rings (SSSR count). The van der Waals surface area contributed by atoms with E-state index in [0.29, 0.717) is 0 Å². The fourth-order valence-corrected chi connectivity index (χ4v) is 0.287. The minimum Gasteiger partial charge on any atom is -0.482 e. The number of rotatable bonds is 1. The van der Waals surface area contributed by atoms with Crippen LogP contribution in [0.25, 0.3) is 0 Å². The summed E-state index contributed by atoms with van der Waals surface area (Å²) >= 11 is 0. The highest BCUT2D eigenvalue weighted by Gasteiger charge is 2.35. The highest BCUT2D eigenvalue weighted by atomic mass is 17.7. The first kappa shape index (κ1) is 6.49. The van der Waals surface area contributed by atoms with Crippen molar-refractivity contribution < 1.29 is 29.1 Å². The maximum atomic E-state index is 10.1. The van der Waals surface area contributed by atoms with E-state index < -0.39 is 13.3 Å². The molecule has 0 bridgehead atoms. The highest BCUT2D eigenvalue weighted by Crippen LogP contribution is 2.03. The Morgan fingerprint density at radius 2 is 2.00 bits per heavy atom. The van der Waals surface area contributed by atoms with Gasteiger partial charge in [-0.25, -0.2) is 0 Å². The minimum absolute atomic E-state index is 0.547. The molecule has 0 aromatic carbocycles. The zero-order valence-corrected chi connectivity index (χ0v) is 4.53. The number of hydrogen-bond donors (Lipinski definition) is 0. The second kappa shape index (κ2) is 2.78. The first-order valence-corrected chi connectivity index (χ1v) is 2.12. The first-order valence-electron chi connectivity index (χ1n) is 2.12. The van der Waals surface area contributed by atoms with Gasteiger partial charge in [-0.3, -0.25) is 4.79 Å². The van der Waals surface area contributed by atoms with Crippen molar-refractivity contribution >= 4 is 13.3 Å². The lowest BCUT2D eigenvalue weighted by Gasteiger charge is -1.94. The summed E-state index contributed by atoms with van der Waals surface area (Å²) in [5.74, 6) is -0.547. The van der Waals surface area contributed by atoms with Crippen LogP contribution in [0.5, 0.6) is 0 Å². The second-order valence-corrected chi connectivity index (χ2v) is 1.23. The largest absolute Gasteiger partial charge is 0.777 e. The lowest BCUT2D eigenvalue weighted by molar-refractivity contribution is -0.532. The monoisotopic (exact) mass is 134 g/mol. The number of hydrogen-bond acceptors (Lipinski definition) is 6. The van der Waals surface area contributed by atoms with E-state index in [1.807, 2.05) is 0 Å². The Morgan fingerprint density at radius 1 is 1.44 bits per heavy atom. The molecule has 1 heterocycles. The Kier molecular flexibility index (Phi) is 2.01. The van der Waals surface area contributed by atoms with Gasteiger partial charge in [0, 0.05) is 6.92 Å². The van der Waals surface area contributed by atoms with Crippen LogP contribution in [-0.4, -0.2) is 13.3 Å². The normalized spacial score (nSPS) is 18.1. The van der Waals surface area contributed by atoms with Gasteiger partial charge < -0.3 is 4.65 Å². The molecule has 0 atom stereocenters. The zero-order chi connectivity index (χ0) is 6.69. The van der Waals surface area contributed by atoms with Gasteiger partial charge in [-0.1, -0.05) is 0 Å². The molecule has 0 N–H and O–H groups in total. The molecule has 1 aliphatic heterocycles. The average Bonchev–Trinajstić information content (AvgIpc) is 2.15. The van der Waals surface area contributed by atoms with Gasteiger partial charge in [0.15, 0.2) is 0 Å². The second-order valence-electron chi connectivity index (χ2n) is 1.23.